The standard InChI is InChI=1S/C27H26N2O4S/c1-20-12-14-23(15-13-20)34(31,32)28(19-22-7-6-16-33-22)17-21(30)18-29-26-10-4-2-8-24(26)25-9-3-5-11-27(25)29/h2-16,21,30H,17-19H2,1H3/t21-/m0/s1. The molecule has 2 heterocycles. The van der Waals surface area contributed by atoms with E-state index >= 15 is 0 Å². The first kappa shape index (κ1) is 22.4. The van der Waals surface area contributed by atoms with Crippen LogP contribution in [0, 0.1) is 6.92 Å². The molecule has 2 aromatic heterocycles. The molecule has 5 rings (SSSR count). The largest absolute Gasteiger partial charge is 0.468 e. The van der Waals surface area contributed by atoms with Crippen LogP contribution >= 0.6 is 0 Å². The van der Waals surface area contributed by atoms with Crippen LogP contribution in [0.4, 0.5) is 0 Å². The Bertz CT molecular complexity index is 1470. The Labute approximate surface area is 198 Å². The minimum atomic E-state index is -3.85. The van der Waals surface area contributed by atoms with E-state index in [1.165, 1.54) is 10.6 Å². The third-order valence-corrected chi connectivity index (χ3v) is 7.88. The topological polar surface area (TPSA) is 75.7 Å². The molecule has 0 bridgehead atoms. The number of sulfonamides is 1. The number of hydrogen-bond acceptors (Lipinski definition) is 4. The van der Waals surface area contributed by atoms with Crippen molar-refractivity contribution in [2.45, 2.75) is 31.0 Å². The van der Waals surface area contributed by atoms with Crippen molar-refractivity contribution < 1.29 is 17.9 Å². The molecule has 174 valence electrons. The normalized spacial score (nSPS) is 13.1. The second-order valence-electron chi connectivity index (χ2n) is 8.49. The fourth-order valence-corrected chi connectivity index (χ4v) is 5.83. The number of hydrogen-bond donors (Lipinski definition) is 1. The van der Waals surface area contributed by atoms with Gasteiger partial charge in [-0.15, -0.1) is 0 Å². The zero-order valence-corrected chi connectivity index (χ0v) is 19.7. The molecule has 3 aromatic carbocycles. The molecule has 5 aromatic rings. The smallest absolute Gasteiger partial charge is 0.243 e. The highest BCUT2D eigenvalue weighted by Gasteiger charge is 2.28. The third kappa shape index (κ3) is 4.25. The molecular weight excluding hydrogens is 448 g/mol. The van der Waals surface area contributed by atoms with Crippen molar-refractivity contribution in [2.24, 2.45) is 0 Å². The molecule has 0 aliphatic heterocycles. The van der Waals surface area contributed by atoms with E-state index < -0.39 is 16.1 Å². The van der Waals surface area contributed by atoms with Gasteiger partial charge in [-0.05, 0) is 43.3 Å². The van der Waals surface area contributed by atoms with Gasteiger partial charge in [0.15, 0.2) is 0 Å². The number of aromatic nitrogens is 1. The number of furan rings is 1. The van der Waals surface area contributed by atoms with E-state index in [1.54, 1.807) is 36.4 Å². The van der Waals surface area contributed by atoms with Gasteiger partial charge in [0, 0.05) is 28.4 Å². The fourth-order valence-electron chi connectivity index (χ4n) is 4.39. The van der Waals surface area contributed by atoms with Crippen LogP contribution in [-0.4, -0.2) is 35.0 Å². The summed E-state index contributed by atoms with van der Waals surface area (Å²) in [4.78, 5) is 0.189. The molecule has 0 saturated carbocycles. The van der Waals surface area contributed by atoms with Crippen LogP contribution in [0.2, 0.25) is 0 Å². The summed E-state index contributed by atoms with van der Waals surface area (Å²) in [5.74, 6) is 0.514. The number of benzene rings is 3. The Kier molecular flexibility index (Phi) is 6.00. The lowest BCUT2D eigenvalue weighted by Crippen LogP contribution is -2.38. The van der Waals surface area contributed by atoms with Gasteiger partial charge in [0.05, 0.1) is 30.4 Å². The molecule has 34 heavy (non-hydrogen) atoms. The highest BCUT2D eigenvalue weighted by Crippen LogP contribution is 2.29. The monoisotopic (exact) mass is 474 g/mol. The second kappa shape index (κ2) is 9.10. The zero-order valence-electron chi connectivity index (χ0n) is 18.8. The quantitative estimate of drug-likeness (QED) is 0.345. The summed E-state index contributed by atoms with van der Waals surface area (Å²) >= 11 is 0. The van der Waals surface area contributed by atoms with Gasteiger partial charge in [-0.3, -0.25) is 0 Å². The van der Waals surface area contributed by atoms with Gasteiger partial charge in [0.1, 0.15) is 5.76 Å². The van der Waals surface area contributed by atoms with Crippen molar-refractivity contribution in [1.82, 2.24) is 8.87 Å². The first-order valence-electron chi connectivity index (χ1n) is 11.2. The van der Waals surface area contributed by atoms with Crippen LogP contribution in [-0.2, 0) is 23.1 Å². The van der Waals surface area contributed by atoms with Gasteiger partial charge in [-0.2, -0.15) is 4.31 Å². The van der Waals surface area contributed by atoms with Gasteiger partial charge in [0.25, 0.3) is 0 Å². The number of para-hydroxylation sites is 2. The maximum atomic E-state index is 13.5. The summed E-state index contributed by atoms with van der Waals surface area (Å²) in [5, 5.41) is 13.3. The highest BCUT2D eigenvalue weighted by atomic mass is 32.2. The van der Waals surface area contributed by atoms with Gasteiger partial charge in [0.2, 0.25) is 10.0 Å². The van der Waals surface area contributed by atoms with Gasteiger partial charge in [-0.1, -0.05) is 54.1 Å². The number of rotatable bonds is 8. The van der Waals surface area contributed by atoms with Crippen LogP contribution in [0.15, 0.2) is 101 Å². The minimum Gasteiger partial charge on any atom is -0.468 e. The Morgan fingerprint density at radius 1 is 0.882 bits per heavy atom. The second-order valence-corrected chi connectivity index (χ2v) is 10.4. The predicted molar refractivity (Wildman–Crippen MR) is 133 cm³/mol. The molecule has 0 unspecified atom stereocenters. The summed E-state index contributed by atoms with van der Waals surface area (Å²) < 4.78 is 35.8. The van der Waals surface area contributed by atoms with Crippen LogP contribution in [0.1, 0.15) is 11.3 Å². The van der Waals surface area contributed by atoms with E-state index in [4.69, 9.17) is 4.42 Å². The summed E-state index contributed by atoms with van der Waals surface area (Å²) in [5.41, 5.74) is 2.98. The van der Waals surface area contributed by atoms with E-state index in [2.05, 4.69) is 16.7 Å². The number of aliphatic hydroxyl groups is 1. The van der Waals surface area contributed by atoms with Crippen molar-refractivity contribution in [2.75, 3.05) is 6.54 Å². The SMILES string of the molecule is Cc1ccc(S(=O)(=O)N(Cc2ccco2)C[C@H](O)Cn2c3ccccc3c3ccccc32)cc1. The van der Waals surface area contributed by atoms with E-state index in [1.807, 2.05) is 43.3 Å². The van der Waals surface area contributed by atoms with Crippen molar-refractivity contribution in [1.29, 1.82) is 0 Å². The fraction of sp³-hybridized carbons (Fsp3) is 0.185. The molecular formula is C27H26N2O4S. The highest BCUT2D eigenvalue weighted by molar-refractivity contribution is 7.89. The molecule has 7 heteroatoms. The summed E-state index contributed by atoms with van der Waals surface area (Å²) in [6, 6.07) is 26.3. The molecule has 0 saturated heterocycles. The summed E-state index contributed by atoms with van der Waals surface area (Å²) in [6.45, 7) is 2.13. The van der Waals surface area contributed by atoms with Crippen molar-refractivity contribution in [3.63, 3.8) is 0 Å². The average molecular weight is 475 g/mol. The Morgan fingerprint density at radius 3 is 2.09 bits per heavy atom. The van der Waals surface area contributed by atoms with Crippen LogP contribution in [0.5, 0.6) is 0 Å². The number of fused-ring (bicyclic) bond motifs is 3. The molecule has 0 radical (unpaired) electrons. The Balaban J connectivity index is 1.47. The molecule has 1 atom stereocenters. The molecule has 6 nitrogen and oxygen atoms in total. The number of aliphatic hydroxyl groups excluding tert-OH is 1. The van der Waals surface area contributed by atoms with E-state index in [0.717, 1.165) is 27.4 Å². The van der Waals surface area contributed by atoms with Crippen molar-refractivity contribution in [3.8, 4) is 0 Å². The molecule has 0 fully saturated rings. The van der Waals surface area contributed by atoms with Gasteiger partial charge in [-0.25, -0.2) is 8.42 Å². The number of aryl methyl sites for hydroxylation is 1. The summed E-state index contributed by atoms with van der Waals surface area (Å²) in [6.07, 6.45) is 0.579. The Morgan fingerprint density at radius 2 is 1.50 bits per heavy atom. The molecule has 0 aliphatic rings. The molecule has 0 spiro atoms. The molecule has 0 amide bonds. The van der Waals surface area contributed by atoms with Crippen LogP contribution in [0.3, 0.4) is 0 Å². The Hall–Kier alpha value is -3.39. The van der Waals surface area contributed by atoms with E-state index in [9.17, 15) is 13.5 Å². The first-order valence-corrected chi connectivity index (χ1v) is 12.6. The minimum absolute atomic E-state index is 0.0352. The predicted octanol–water partition coefficient (Wildman–Crippen LogP) is 4.95. The lowest BCUT2D eigenvalue weighted by atomic mass is 10.2. The van der Waals surface area contributed by atoms with E-state index in [-0.39, 0.29) is 24.5 Å². The van der Waals surface area contributed by atoms with E-state index in [0.29, 0.717) is 5.76 Å². The average Bonchev–Trinajstić information content (AvgIpc) is 3.46. The van der Waals surface area contributed by atoms with Crippen molar-refractivity contribution >= 4 is 31.8 Å². The third-order valence-electron chi connectivity index (χ3n) is 6.06. The van der Waals surface area contributed by atoms with Crippen LogP contribution < -0.4 is 0 Å². The maximum absolute atomic E-state index is 13.5. The first-order chi connectivity index (χ1) is 16.4. The lowest BCUT2D eigenvalue weighted by molar-refractivity contribution is 0.126. The van der Waals surface area contributed by atoms with Crippen molar-refractivity contribution in [3.05, 3.63) is 103 Å². The van der Waals surface area contributed by atoms with Gasteiger partial charge < -0.3 is 14.1 Å². The molecule has 1 N–H and O–H groups in total. The zero-order chi connectivity index (χ0) is 23.7. The molecule has 0 aliphatic carbocycles. The number of nitrogens with zero attached hydrogens (tertiary/aromatic N) is 2. The maximum Gasteiger partial charge on any atom is 0.243 e. The lowest BCUT2D eigenvalue weighted by Gasteiger charge is -2.25. The van der Waals surface area contributed by atoms with Crippen LogP contribution in [0.25, 0.3) is 21.8 Å². The van der Waals surface area contributed by atoms with Gasteiger partial charge >= 0.3 is 0 Å². The summed E-state index contributed by atoms with van der Waals surface area (Å²) in [7, 11) is -3.85.